The van der Waals surface area contributed by atoms with Gasteiger partial charge in [-0.1, -0.05) is 27.7 Å². The highest BCUT2D eigenvalue weighted by Crippen LogP contribution is 2.44. The van der Waals surface area contributed by atoms with Crippen molar-refractivity contribution >= 4 is 23.6 Å². The Bertz CT molecular complexity index is 2160. The van der Waals surface area contributed by atoms with Gasteiger partial charge in [-0.3, -0.25) is 9.98 Å². The van der Waals surface area contributed by atoms with Crippen LogP contribution in [0.5, 0.6) is 0 Å². The molecule has 0 radical (unpaired) electrons. The van der Waals surface area contributed by atoms with E-state index in [1.807, 2.05) is 0 Å². The molecule has 14 heteroatoms. The van der Waals surface area contributed by atoms with Gasteiger partial charge >= 0.3 is 0 Å². The molecule has 0 spiro atoms. The van der Waals surface area contributed by atoms with Crippen LogP contribution in [0, 0.1) is 58.2 Å². The Labute approximate surface area is 277 Å². The van der Waals surface area contributed by atoms with Crippen molar-refractivity contribution < 1.29 is 43.9 Å². The van der Waals surface area contributed by atoms with Gasteiger partial charge in [0.1, 0.15) is 0 Å². The van der Waals surface area contributed by atoms with Crippen LogP contribution in [0.15, 0.2) is 68.9 Å². The van der Waals surface area contributed by atoms with Gasteiger partial charge in [0.15, 0.2) is 46.5 Å². The lowest BCUT2D eigenvalue weighted by molar-refractivity contribution is 0.376. The SMILES string of the molecule is CC1(C)C2=C/C(=C(/c3c(F)c(F)c(F)c(F)c3F)c3ccc([nH]3)C(C)(C)C3=C/C(=C(/c4c(F)c(F)c(F)c(F)c4F)c4ccc1[nH]4)N=C3)N=C2. The first-order chi connectivity index (χ1) is 23.5. The lowest BCUT2D eigenvalue weighted by Crippen LogP contribution is -2.21. The molecule has 0 saturated heterocycles. The van der Waals surface area contributed by atoms with Crippen LogP contribution in [-0.4, -0.2) is 22.4 Å². The average molecular weight is 701 g/mol. The molecule has 3 aliphatic rings. The van der Waals surface area contributed by atoms with Crippen LogP contribution in [0.3, 0.4) is 0 Å². The zero-order valence-electron chi connectivity index (χ0n) is 26.3. The maximum Gasteiger partial charge on any atom is 0.200 e. The minimum absolute atomic E-state index is 0.0682. The normalized spacial score (nSPS) is 20.5. The highest BCUT2D eigenvalue weighted by Gasteiger charge is 2.37. The van der Waals surface area contributed by atoms with Gasteiger partial charge in [-0.15, -0.1) is 0 Å². The molecule has 0 unspecified atom stereocenters. The predicted molar refractivity (Wildman–Crippen MR) is 165 cm³/mol. The fraction of sp³-hybridized carbons (Fsp3) is 0.167. The first kappa shape index (κ1) is 33.1. The number of allylic oxidation sites excluding steroid dienone is 4. The van der Waals surface area contributed by atoms with Crippen LogP contribution >= 0.6 is 0 Å². The summed E-state index contributed by atoms with van der Waals surface area (Å²) >= 11 is 0. The second kappa shape index (κ2) is 11.1. The molecule has 7 rings (SSSR count). The second-order valence-corrected chi connectivity index (χ2v) is 12.9. The van der Waals surface area contributed by atoms with Crippen LogP contribution < -0.4 is 0 Å². The number of aliphatic imine (C=N–C) groups is 2. The summed E-state index contributed by atoms with van der Waals surface area (Å²) in [6.07, 6.45) is 5.38. The zero-order valence-corrected chi connectivity index (χ0v) is 26.3. The predicted octanol–water partition coefficient (Wildman–Crippen LogP) is 9.54. The highest BCUT2D eigenvalue weighted by molar-refractivity contribution is 5.95. The van der Waals surface area contributed by atoms with E-state index in [2.05, 4.69) is 20.0 Å². The summed E-state index contributed by atoms with van der Waals surface area (Å²) in [5.74, 6) is -21.5. The number of rotatable bonds is 2. The topological polar surface area (TPSA) is 56.3 Å². The fourth-order valence-electron chi connectivity index (χ4n) is 6.25. The second-order valence-electron chi connectivity index (χ2n) is 12.9. The van der Waals surface area contributed by atoms with Crippen molar-refractivity contribution in [1.82, 2.24) is 9.97 Å². The molecule has 0 atom stereocenters. The molecule has 8 bridgehead atoms. The molecule has 5 heterocycles. The van der Waals surface area contributed by atoms with Gasteiger partial charge in [0.2, 0.25) is 11.6 Å². The maximum atomic E-state index is 15.4. The number of hydrogen-bond acceptors (Lipinski definition) is 2. The van der Waals surface area contributed by atoms with Crippen LogP contribution in [0.2, 0.25) is 0 Å². The van der Waals surface area contributed by atoms with Crippen molar-refractivity contribution in [3.63, 3.8) is 0 Å². The molecule has 50 heavy (non-hydrogen) atoms. The molecule has 4 nitrogen and oxygen atoms in total. The number of halogens is 10. The summed E-state index contributed by atoms with van der Waals surface area (Å²) in [5.41, 5.74) is -4.60. The van der Waals surface area contributed by atoms with Crippen LogP contribution in [0.4, 0.5) is 43.9 Å². The third kappa shape index (κ3) is 4.60. The first-order valence-corrected chi connectivity index (χ1v) is 14.9. The molecule has 4 aromatic rings. The Kier molecular flexibility index (Phi) is 7.32. The standard InChI is InChI=1S/C36H22F10N4/c1-35(2)13-9-17(47-11-13)22(24-27(39)31(43)34(46)32(44)28(24)40)16-6-8-20(50-16)36(3,4)14-10-18(48-12-14)21(15-5-7-19(35)49-15)23-25(37)29(41)33(45)30(42)26(23)38/h5-12,49-50H,1-4H3/b21-18-,22-17-. The smallest absolute Gasteiger partial charge is 0.200 e. The van der Waals surface area contributed by atoms with Crippen molar-refractivity contribution in [3.8, 4) is 0 Å². The minimum Gasteiger partial charge on any atom is -0.358 e. The molecule has 2 aromatic carbocycles. The first-order valence-electron chi connectivity index (χ1n) is 14.9. The summed E-state index contributed by atoms with van der Waals surface area (Å²) in [7, 11) is 0. The van der Waals surface area contributed by atoms with E-state index in [0.29, 0.717) is 22.5 Å². The largest absolute Gasteiger partial charge is 0.358 e. The summed E-state index contributed by atoms with van der Waals surface area (Å²) in [6, 6.07) is 5.71. The number of aromatic nitrogens is 2. The Morgan fingerprint density at radius 2 is 0.740 bits per heavy atom. The van der Waals surface area contributed by atoms with Crippen molar-refractivity contribution in [2.24, 2.45) is 9.98 Å². The number of aromatic amines is 2. The van der Waals surface area contributed by atoms with E-state index in [9.17, 15) is 26.3 Å². The van der Waals surface area contributed by atoms with E-state index in [1.54, 1.807) is 27.7 Å². The highest BCUT2D eigenvalue weighted by atomic mass is 19.2. The number of benzene rings is 2. The van der Waals surface area contributed by atoms with Crippen LogP contribution in [0.25, 0.3) is 11.1 Å². The summed E-state index contributed by atoms with van der Waals surface area (Å²) in [6.45, 7) is 6.65. The van der Waals surface area contributed by atoms with Gasteiger partial charge in [-0.2, -0.15) is 0 Å². The molecular formula is C36H22F10N4. The number of hydrogen-bond donors (Lipinski definition) is 2. The van der Waals surface area contributed by atoms with Gasteiger partial charge in [-0.25, -0.2) is 43.9 Å². The van der Waals surface area contributed by atoms with E-state index in [1.165, 1.54) is 48.8 Å². The third-order valence-electron chi connectivity index (χ3n) is 9.40. The Morgan fingerprint density at radius 1 is 0.440 bits per heavy atom. The Balaban J connectivity index is 1.55. The van der Waals surface area contributed by atoms with E-state index in [-0.39, 0.29) is 22.8 Å². The number of fused-ring (bicyclic) bond motifs is 6. The van der Waals surface area contributed by atoms with Crippen LogP contribution in [-0.2, 0) is 10.8 Å². The van der Waals surface area contributed by atoms with Crippen molar-refractivity contribution in [3.05, 3.63) is 151 Å². The molecule has 2 N–H and O–H groups in total. The third-order valence-corrected chi connectivity index (χ3v) is 9.40. The van der Waals surface area contributed by atoms with Crippen molar-refractivity contribution in [2.45, 2.75) is 38.5 Å². The van der Waals surface area contributed by atoms with Gasteiger partial charge in [0.05, 0.1) is 22.5 Å². The zero-order chi connectivity index (χ0) is 36.2. The minimum atomic E-state index is -2.33. The summed E-state index contributed by atoms with van der Waals surface area (Å²) in [5, 5.41) is 0. The van der Waals surface area contributed by atoms with Crippen molar-refractivity contribution in [2.75, 3.05) is 0 Å². The van der Waals surface area contributed by atoms with Crippen LogP contribution in [0.1, 0.15) is 61.6 Å². The van der Waals surface area contributed by atoms with E-state index in [4.69, 9.17) is 0 Å². The molecule has 3 aliphatic heterocycles. The molecule has 0 saturated carbocycles. The molecular weight excluding hydrogens is 678 g/mol. The fourth-order valence-corrected chi connectivity index (χ4v) is 6.25. The molecule has 0 aliphatic carbocycles. The van der Waals surface area contributed by atoms with Gasteiger partial charge < -0.3 is 9.97 Å². The van der Waals surface area contributed by atoms with Gasteiger partial charge in [0, 0.05) is 57.2 Å². The summed E-state index contributed by atoms with van der Waals surface area (Å²) < 4.78 is 148. The van der Waals surface area contributed by atoms with E-state index >= 15 is 17.6 Å². The van der Waals surface area contributed by atoms with E-state index in [0.717, 1.165) is 0 Å². The monoisotopic (exact) mass is 700 g/mol. The Morgan fingerprint density at radius 3 is 1.06 bits per heavy atom. The van der Waals surface area contributed by atoms with Crippen molar-refractivity contribution in [1.29, 1.82) is 0 Å². The maximum absolute atomic E-state index is 15.4. The average Bonchev–Trinajstić information content (AvgIpc) is 3.91. The number of nitrogens with zero attached hydrogens (tertiary/aromatic N) is 2. The lowest BCUT2D eigenvalue weighted by atomic mass is 9.81. The summed E-state index contributed by atoms with van der Waals surface area (Å²) in [4.78, 5) is 14.6. The Hall–Kier alpha value is -5.40. The molecule has 0 fully saturated rings. The quantitative estimate of drug-likeness (QED) is 0.119. The van der Waals surface area contributed by atoms with Gasteiger partial charge in [0.25, 0.3) is 0 Å². The van der Waals surface area contributed by atoms with E-state index < -0.39 is 91.3 Å². The number of H-pyrrole nitrogens is 2. The molecule has 2 aromatic heterocycles. The lowest BCUT2D eigenvalue weighted by Gasteiger charge is -2.24. The molecule has 0 amide bonds. The molecule has 256 valence electrons. The van der Waals surface area contributed by atoms with Gasteiger partial charge in [-0.05, 0) is 47.6 Å². The number of nitrogens with one attached hydrogen (secondary N) is 2.